The standard InChI is InChI=1S/C54H54S3/c1-4-7-10-13-16-34-19-22-37-40-25-28-55-52(40)49-46(43(37)31-34)50-48(44-32-35(17-14-11-8-5-2)20-23-38(44)41-26-29-56-53(41)50)51-47(49)45-33-36(18-15-12-9-6-3)21-24-39(45)42-27-30-57-54(42)51/h19-33H,4-18H2,1-3H3. The van der Waals surface area contributed by atoms with Crippen molar-refractivity contribution in [3.8, 4) is 0 Å². The van der Waals surface area contributed by atoms with Gasteiger partial charge in [-0.2, -0.15) is 0 Å². The van der Waals surface area contributed by atoms with Gasteiger partial charge in [0.05, 0.1) is 0 Å². The Labute approximate surface area is 349 Å². The zero-order chi connectivity index (χ0) is 38.5. The summed E-state index contributed by atoms with van der Waals surface area (Å²) in [4.78, 5) is 0. The molecule has 10 rings (SSSR count). The lowest BCUT2D eigenvalue weighted by Crippen LogP contribution is -1.94. The minimum Gasteiger partial charge on any atom is -0.143 e. The molecule has 0 unspecified atom stereocenters. The van der Waals surface area contributed by atoms with Crippen LogP contribution in [-0.2, 0) is 19.3 Å². The highest BCUT2D eigenvalue weighted by Gasteiger charge is 2.25. The molecule has 0 aliphatic rings. The molecule has 0 spiro atoms. The first-order chi connectivity index (χ1) is 28.2. The van der Waals surface area contributed by atoms with Gasteiger partial charge >= 0.3 is 0 Å². The minimum atomic E-state index is 1.14. The lowest BCUT2D eigenvalue weighted by Gasteiger charge is -2.20. The van der Waals surface area contributed by atoms with Crippen molar-refractivity contribution >= 4 is 129 Å². The average molecular weight is 799 g/mol. The fourth-order valence-corrected chi connectivity index (χ4v) is 13.1. The molecule has 3 heterocycles. The van der Waals surface area contributed by atoms with E-state index in [0.29, 0.717) is 0 Å². The van der Waals surface area contributed by atoms with Crippen molar-refractivity contribution in [3.05, 3.63) is 106 Å². The number of hydrogen-bond donors (Lipinski definition) is 0. The van der Waals surface area contributed by atoms with E-state index >= 15 is 0 Å². The molecule has 7 aromatic carbocycles. The predicted octanol–water partition coefficient (Wildman–Crippen LogP) is 18.6. The first kappa shape index (κ1) is 37.3. The third-order valence-electron chi connectivity index (χ3n) is 13.1. The molecule has 0 nitrogen and oxygen atoms in total. The summed E-state index contributed by atoms with van der Waals surface area (Å²) in [6.45, 7) is 6.95. The molecule has 3 aromatic heterocycles. The second-order valence-electron chi connectivity index (χ2n) is 16.8. The Morgan fingerprint density at radius 1 is 0.298 bits per heavy atom. The molecule has 0 amide bonds. The van der Waals surface area contributed by atoms with Crippen LogP contribution in [-0.4, -0.2) is 0 Å². The molecule has 0 aliphatic heterocycles. The van der Waals surface area contributed by atoms with Gasteiger partial charge in [-0.15, -0.1) is 34.0 Å². The van der Waals surface area contributed by atoms with Crippen molar-refractivity contribution in [1.82, 2.24) is 0 Å². The van der Waals surface area contributed by atoms with Crippen molar-refractivity contribution in [1.29, 1.82) is 0 Å². The van der Waals surface area contributed by atoms with Gasteiger partial charge in [0, 0.05) is 62.6 Å². The summed E-state index contributed by atoms with van der Waals surface area (Å²) >= 11 is 5.85. The van der Waals surface area contributed by atoms with Crippen LogP contribution in [0.15, 0.2) is 88.9 Å². The maximum Gasteiger partial charge on any atom is 0.0434 e. The number of thiophene rings is 3. The number of unbranched alkanes of at least 4 members (excludes halogenated alkanes) is 9. The van der Waals surface area contributed by atoms with Crippen LogP contribution in [0.2, 0.25) is 0 Å². The number of fused-ring (bicyclic) bond motifs is 21. The molecule has 0 saturated heterocycles. The summed E-state index contributed by atoms with van der Waals surface area (Å²) in [6, 6.07) is 29.8. The van der Waals surface area contributed by atoms with Gasteiger partial charge in [0.1, 0.15) is 0 Å². The number of benzene rings is 7. The number of aryl methyl sites for hydroxylation is 3. The molecular formula is C54H54S3. The van der Waals surface area contributed by atoms with E-state index in [0.717, 1.165) is 19.3 Å². The third kappa shape index (κ3) is 6.35. The van der Waals surface area contributed by atoms with Crippen LogP contribution < -0.4 is 0 Å². The van der Waals surface area contributed by atoms with E-state index in [1.807, 2.05) is 34.0 Å². The smallest absolute Gasteiger partial charge is 0.0434 e. The molecule has 288 valence electrons. The molecule has 0 bridgehead atoms. The first-order valence-electron chi connectivity index (χ1n) is 22.1. The Bertz CT molecular complexity index is 2730. The van der Waals surface area contributed by atoms with E-state index in [1.165, 1.54) is 189 Å². The van der Waals surface area contributed by atoms with E-state index in [4.69, 9.17) is 0 Å². The molecule has 57 heavy (non-hydrogen) atoms. The van der Waals surface area contributed by atoms with E-state index in [1.54, 1.807) is 0 Å². The van der Waals surface area contributed by atoms with Gasteiger partial charge in [-0.05, 0) is 122 Å². The molecule has 0 atom stereocenters. The van der Waals surface area contributed by atoms with Gasteiger partial charge < -0.3 is 0 Å². The van der Waals surface area contributed by atoms with Gasteiger partial charge in [-0.1, -0.05) is 133 Å². The summed E-state index contributed by atoms with van der Waals surface area (Å²) in [5.74, 6) is 0. The molecular weight excluding hydrogens is 745 g/mol. The Balaban J connectivity index is 1.42. The highest BCUT2D eigenvalue weighted by atomic mass is 32.1. The van der Waals surface area contributed by atoms with Crippen LogP contribution in [0.3, 0.4) is 0 Å². The maximum absolute atomic E-state index is 2.62. The Morgan fingerprint density at radius 3 is 0.912 bits per heavy atom. The summed E-state index contributed by atoms with van der Waals surface area (Å²) in [6.07, 6.45) is 18.9. The third-order valence-corrected chi connectivity index (χ3v) is 15.9. The molecule has 0 saturated carbocycles. The van der Waals surface area contributed by atoms with Crippen LogP contribution in [0.25, 0.3) is 94.9 Å². The minimum absolute atomic E-state index is 1.14. The van der Waals surface area contributed by atoms with Crippen LogP contribution in [0.4, 0.5) is 0 Å². The summed E-state index contributed by atoms with van der Waals surface area (Å²) < 4.78 is 4.33. The molecule has 0 radical (unpaired) electrons. The van der Waals surface area contributed by atoms with E-state index in [-0.39, 0.29) is 0 Å². The fraction of sp³-hybridized carbons (Fsp3) is 0.333. The lowest BCUT2D eigenvalue weighted by molar-refractivity contribution is 0.667. The zero-order valence-corrected chi connectivity index (χ0v) is 36.4. The fourth-order valence-electron chi connectivity index (χ4n) is 10.2. The van der Waals surface area contributed by atoms with Crippen LogP contribution in [0, 0.1) is 0 Å². The van der Waals surface area contributed by atoms with Crippen LogP contribution in [0.5, 0.6) is 0 Å². The quantitative estimate of drug-likeness (QED) is 0.0716. The second kappa shape index (κ2) is 16.0. The molecule has 10 aromatic rings. The first-order valence-corrected chi connectivity index (χ1v) is 24.7. The van der Waals surface area contributed by atoms with Gasteiger partial charge in [0.2, 0.25) is 0 Å². The van der Waals surface area contributed by atoms with Crippen LogP contribution >= 0.6 is 34.0 Å². The van der Waals surface area contributed by atoms with Crippen molar-refractivity contribution in [2.75, 3.05) is 0 Å². The largest absolute Gasteiger partial charge is 0.143 e. The maximum atomic E-state index is 2.62. The molecule has 0 aliphatic carbocycles. The van der Waals surface area contributed by atoms with Gasteiger partial charge in [0.25, 0.3) is 0 Å². The van der Waals surface area contributed by atoms with Gasteiger partial charge in [0.15, 0.2) is 0 Å². The van der Waals surface area contributed by atoms with Gasteiger partial charge in [-0.3, -0.25) is 0 Å². The Hall–Kier alpha value is -4.02. The second-order valence-corrected chi connectivity index (χ2v) is 19.6. The topological polar surface area (TPSA) is 0 Å². The van der Waals surface area contributed by atoms with E-state index in [2.05, 4.69) is 110 Å². The van der Waals surface area contributed by atoms with Crippen molar-refractivity contribution in [2.45, 2.75) is 117 Å². The molecule has 0 N–H and O–H groups in total. The van der Waals surface area contributed by atoms with Crippen molar-refractivity contribution < 1.29 is 0 Å². The average Bonchev–Trinajstić information content (AvgIpc) is 4.04. The zero-order valence-electron chi connectivity index (χ0n) is 34.0. The predicted molar refractivity (Wildman–Crippen MR) is 261 cm³/mol. The lowest BCUT2D eigenvalue weighted by atomic mass is 9.83. The summed E-state index contributed by atoms with van der Waals surface area (Å²) in [5, 5.41) is 28.7. The van der Waals surface area contributed by atoms with E-state index in [9.17, 15) is 0 Å². The normalized spacial score (nSPS) is 12.5. The SMILES string of the molecule is CCCCCCc1ccc2c3ccsc3c3c(c2c1)c1c2sccc2c2ccc(CCCCCC)cc2c1c1c2sccc2c2ccc(CCCCCC)cc2c31. The highest BCUT2D eigenvalue weighted by molar-refractivity contribution is 7.20. The summed E-state index contributed by atoms with van der Waals surface area (Å²) in [7, 11) is 0. The molecule has 0 fully saturated rings. The molecule has 3 heteroatoms. The van der Waals surface area contributed by atoms with Crippen molar-refractivity contribution in [2.24, 2.45) is 0 Å². The Morgan fingerprint density at radius 2 is 0.614 bits per heavy atom. The monoisotopic (exact) mass is 798 g/mol. The number of rotatable bonds is 15. The van der Waals surface area contributed by atoms with Crippen LogP contribution in [0.1, 0.15) is 115 Å². The van der Waals surface area contributed by atoms with E-state index < -0.39 is 0 Å². The van der Waals surface area contributed by atoms with Crippen molar-refractivity contribution in [3.63, 3.8) is 0 Å². The number of hydrogen-bond acceptors (Lipinski definition) is 3. The summed E-state index contributed by atoms with van der Waals surface area (Å²) in [5.41, 5.74) is 4.44. The Kier molecular flexibility index (Phi) is 10.4. The highest BCUT2D eigenvalue weighted by Crippen LogP contribution is 2.54. The van der Waals surface area contributed by atoms with Gasteiger partial charge in [-0.25, -0.2) is 0 Å².